The van der Waals surface area contributed by atoms with Crippen molar-refractivity contribution in [1.82, 2.24) is 0 Å². The number of aldehydes is 1. The molecular weight excluding hydrogens is 412 g/mol. The smallest absolute Gasteiger partial charge is 0.331 e. The predicted molar refractivity (Wildman–Crippen MR) is 113 cm³/mol. The molecule has 0 radical (unpaired) electrons. The molecule has 0 aromatic carbocycles. The van der Waals surface area contributed by atoms with E-state index in [9.17, 15) is 24.6 Å². The van der Waals surface area contributed by atoms with Gasteiger partial charge in [0.05, 0.1) is 16.6 Å². The summed E-state index contributed by atoms with van der Waals surface area (Å²) in [7, 11) is 0. The molecule has 0 spiro atoms. The molecule has 0 unspecified atom stereocenters. The molecule has 1 heterocycles. The second kappa shape index (κ2) is 7.13. The van der Waals surface area contributed by atoms with Crippen molar-refractivity contribution in [1.29, 1.82) is 0 Å². The highest BCUT2D eigenvalue weighted by Gasteiger charge is 2.71. The molecule has 8 atom stereocenters. The molecule has 5 aliphatic rings. The Kier molecular flexibility index (Phi) is 4.92. The Hall–Kier alpha value is -1.73. The highest BCUT2D eigenvalue weighted by Crippen LogP contribution is 2.70. The Morgan fingerprint density at radius 3 is 2.53 bits per heavy atom. The quantitative estimate of drug-likeness (QED) is 0.506. The van der Waals surface area contributed by atoms with Crippen molar-refractivity contribution in [2.24, 2.45) is 28.6 Å². The van der Waals surface area contributed by atoms with Crippen LogP contribution in [0.4, 0.5) is 0 Å². The highest BCUT2D eigenvalue weighted by atomic mass is 16.5. The van der Waals surface area contributed by atoms with Gasteiger partial charge in [0.2, 0.25) is 0 Å². The molecule has 176 valence electrons. The van der Waals surface area contributed by atoms with Gasteiger partial charge >= 0.3 is 11.9 Å². The van der Waals surface area contributed by atoms with Crippen molar-refractivity contribution in [3.63, 3.8) is 0 Å². The van der Waals surface area contributed by atoms with Crippen LogP contribution in [0.15, 0.2) is 11.6 Å². The van der Waals surface area contributed by atoms with E-state index in [1.54, 1.807) is 6.08 Å². The Morgan fingerprint density at radius 1 is 1.12 bits per heavy atom. The number of ether oxygens (including phenoxy) is 2. The maximum atomic E-state index is 12.7. The molecule has 0 aromatic heterocycles. The number of aliphatic hydroxyl groups is 2. The average Bonchev–Trinajstić information content (AvgIpc) is 3.27. The van der Waals surface area contributed by atoms with E-state index < -0.39 is 16.6 Å². The van der Waals surface area contributed by atoms with Crippen LogP contribution in [-0.4, -0.2) is 52.4 Å². The third kappa shape index (κ3) is 2.76. The van der Waals surface area contributed by atoms with E-state index in [1.807, 2.05) is 0 Å². The number of cyclic esters (lactones) is 1. The molecule has 7 nitrogen and oxygen atoms in total. The van der Waals surface area contributed by atoms with Crippen LogP contribution in [0.25, 0.3) is 0 Å². The van der Waals surface area contributed by atoms with Gasteiger partial charge in [-0.05, 0) is 74.7 Å². The van der Waals surface area contributed by atoms with Gasteiger partial charge in [0, 0.05) is 24.8 Å². The van der Waals surface area contributed by atoms with Crippen molar-refractivity contribution >= 4 is 18.2 Å². The number of esters is 2. The molecule has 5 rings (SSSR count). The zero-order valence-electron chi connectivity index (χ0n) is 19.0. The lowest BCUT2D eigenvalue weighted by atomic mass is 9.41. The lowest BCUT2D eigenvalue weighted by Gasteiger charge is -2.65. The maximum Gasteiger partial charge on any atom is 0.331 e. The summed E-state index contributed by atoms with van der Waals surface area (Å²) in [5.74, 6) is -0.772. The van der Waals surface area contributed by atoms with Gasteiger partial charge in [-0.3, -0.25) is 4.79 Å². The summed E-state index contributed by atoms with van der Waals surface area (Å²) in [6, 6.07) is 0. The first kappa shape index (κ1) is 22.1. The van der Waals surface area contributed by atoms with Crippen molar-refractivity contribution in [2.75, 3.05) is 6.61 Å². The lowest BCUT2D eigenvalue weighted by molar-refractivity contribution is -0.249. The van der Waals surface area contributed by atoms with Crippen molar-refractivity contribution in [3.8, 4) is 0 Å². The van der Waals surface area contributed by atoms with E-state index >= 15 is 0 Å². The molecular formula is C25H34O7. The molecule has 0 amide bonds. The minimum Gasteiger partial charge on any atom is -0.462 e. The topological polar surface area (TPSA) is 110 Å². The second-order valence-electron chi connectivity index (χ2n) is 11.2. The van der Waals surface area contributed by atoms with Crippen molar-refractivity contribution < 1.29 is 34.1 Å². The Balaban J connectivity index is 1.46. The first-order chi connectivity index (χ1) is 15.1. The highest BCUT2D eigenvalue weighted by molar-refractivity contribution is 5.85. The molecule has 0 saturated heterocycles. The summed E-state index contributed by atoms with van der Waals surface area (Å²) in [5, 5.41) is 23.9. The molecule has 0 bridgehead atoms. The van der Waals surface area contributed by atoms with E-state index in [0.29, 0.717) is 38.7 Å². The normalized spacial score (nSPS) is 49.9. The van der Waals surface area contributed by atoms with Crippen LogP contribution in [0.2, 0.25) is 0 Å². The second-order valence-corrected chi connectivity index (χ2v) is 11.2. The number of rotatable bonds is 3. The molecule has 0 aromatic rings. The third-order valence-electron chi connectivity index (χ3n) is 10.2. The fourth-order valence-electron chi connectivity index (χ4n) is 8.65. The van der Waals surface area contributed by atoms with Crippen LogP contribution >= 0.6 is 0 Å². The van der Waals surface area contributed by atoms with Gasteiger partial charge in [-0.1, -0.05) is 6.92 Å². The summed E-state index contributed by atoms with van der Waals surface area (Å²) in [6.45, 7) is 3.81. The first-order valence-corrected chi connectivity index (χ1v) is 12.0. The Morgan fingerprint density at radius 2 is 1.88 bits per heavy atom. The fraction of sp³-hybridized carbons (Fsp3) is 0.800. The molecule has 4 aliphatic carbocycles. The van der Waals surface area contributed by atoms with Crippen LogP contribution in [0, 0.1) is 28.6 Å². The van der Waals surface area contributed by atoms with Gasteiger partial charge in [-0.25, -0.2) is 4.79 Å². The van der Waals surface area contributed by atoms with E-state index in [2.05, 4.69) is 6.92 Å². The predicted octanol–water partition coefficient (Wildman–Crippen LogP) is 2.47. The summed E-state index contributed by atoms with van der Waals surface area (Å²) >= 11 is 0. The minimum absolute atomic E-state index is 0.0828. The van der Waals surface area contributed by atoms with Gasteiger partial charge < -0.3 is 24.5 Å². The summed E-state index contributed by atoms with van der Waals surface area (Å²) in [6.07, 6.45) is 7.44. The zero-order chi connectivity index (χ0) is 22.9. The van der Waals surface area contributed by atoms with Crippen molar-refractivity contribution in [3.05, 3.63) is 11.6 Å². The van der Waals surface area contributed by atoms with Crippen LogP contribution in [0.1, 0.15) is 71.6 Å². The van der Waals surface area contributed by atoms with Gasteiger partial charge in [-0.15, -0.1) is 0 Å². The molecule has 7 heteroatoms. The van der Waals surface area contributed by atoms with Crippen LogP contribution in [-0.2, 0) is 23.9 Å². The molecule has 2 N–H and O–H groups in total. The first-order valence-electron chi connectivity index (χ1n) is 12.0. The van der Waals surface area contributed by atoms with E-state index in [0.717, 1.165) is 31.1 Å². The summed E-state index contributed by atoms with van der Waals surface area (Å²) in [4.78, 5) is 35.8. The summed E-state index contributed by atoms with van der Waals surface area (Å²) < 4.78 is 10.6. The van der Waals surface area contributed by atoms with E-state index in [4.69, 9.17) is 9.47 Å². The van der Waals surface area contributed by atoms with Crippen LogP contribution in [0.5, 0.6) is 0 Å². The average molecular weight is 447 g/mol. The minimum atomic E-state index is -1.22. The monoisotopic (exact) mass is 446 g/mol. The van der Waals surface area contributed by atoms with E-state index in [1.165, 1.54) is 6.92 Å². The fourth-order valence-corrected chi connectivity index (χ4v) is 8.65. The van der Waals surface area contributed by atoms with Crippen LogP contribution in [0.3, 0.4) is 0 Å². The van der Waals surface area contributed by atoms with Crippen molar-refractivity contribution in [2.45, 2.75) is 88.9 Å². The van der Waals surface area contributed by atoms with Gasteiger partial charge in [0.15, 0.2) is 0 Å². The molecule has 32 heavy (non-hydrogen) atoms. The number of hydrogen-bond donors (Lipinski definition) is 2. The van der Waals surface area contributed by atoms with Crippen LogP contribution < -0.4 is 0 Å². The molecule has 4 fully saturated rings. The molecule has 1 aliphatic heterocycles. The largest absolute Gasteiger partial charge is 0.462 e. The number of hydrogen-bond acceptors (Lipinski definition) is 7. The Bertz CT molecular complexity index is 882. The lowest BCUT2D eigenvalue weighted by Crippen LogP contribution is -2.69. The third-order valence-corrected chi connectivity index (χ3v) is 10.2. The van der Waals surface area contributed by atoms with E-state index in [-0.39, 0.29) is 47.6 Å². The standard InChI is InChI=1S/C25H34O7/c1-15(27)32-17-3-8-23(14-26)19-4-7-22(2)18(16-11-21(28)31-13-16)6-10-25(22,30)20(19)5-9-24(23,29)12-17/h11,14,17-20,29-30H,3-10,12-13H2,1-2H3/t17-,18+,19-,20+,22-,23+,24-,25+/m1/s1. The van der Waals surface area contributed by atoms with Gasteiger partial charge in [0.1, 0.15) is 19.0 Å². The van der Waals surface area contributed by atoms with Gasteiger partial charge in [0.25, 0.3) is 0 Å². The zero-order valence-corrected chi connectivity index (χ0v) is 19.0. The maximum absolute atomic E-state index is 12.7. The number of carbonyl (C=O) groups is 3. The molecule has 4 saturated carbocycles. The Labute approximate surface area is 188 Å². The van der Waals surface area contributed by atoms with Gasteiger partial charge in [-0.2, -0.15) is 0 Å². The SMILES string of the molecule is CC(=O)O[C@@H]1CC[C@]2(C=O)[C@@H]3CC[C@]4(C)[C@H](C5=CC(=O)OC5)CC[C@]4(O)[C@H]3CC[C@@]2(O)C1. The number of fused-ring (bicyclic) bond motifs is 5. The summed E-state index contributed by atoms with van der Waals surface area (Å²) in [5.41, 5.74) is -2.50. The number of carbonyl (C=O) groups excluding carboxylic acids is 3.